The second-order valence-electron chi connectivity index (χ2n) is 6.81. The number of carboxylic acid groups (broad SMARTS) is 1. The van der Waals surface area contributed by atoms with Gasteiger partial charge in [0.15, 0.2) is 11.5 Å². The zero-order valence-electron chi connectivity index (χ0n) is 15.5. The maximum absolute atomic E-state index is 12.7. The van der Waals surface area contributed by atoms with Crippen molar-refractivity contribution in [3.63, 3.8) is 0 Å². The molecular weight excluding hydrogens is 396 g/mol. The lowest BCUT2D eigenvalue weighted by Gasteiger charge is -2.24. The van der Waals surface area contributed by atoms with Gasteiger partial charge in [-0.25, -0.2) is 5.01 Å². The zero-order valence-corrected chi connectivity index (χ0v) is 16.3. The van der Waals surface area contributed by atoms with Crippen molar-refractivity contribution in [2.24, 2.45) is 5.10 Å². The molecule has 0 saturated heterocycles. The number of carbonyl (C=O) groups is 2. The molecule has 1 unspecified atom stereocenters. The largest absolute Gasteiger partial charge is 0.486 e. The molecule has 8 heteroatoms. The third-order valence-corrected chi connectivity index (χ3v) is 5.10. The van der Waals surface area contributed by atoms with Gasteiger partial charge in [-0.05, 0) is 35.4 Å². The van der Waals surface area contributed by atoms with Crippen molar-refractivity contribution in [2.45, 2.75) is 25.3 Å². The smallest absolute Gasteiger partial charge is 0.303 e. The van der Waals surface area contributed by atoms with Crippen LogP contribution in [-0.4, -0.2) is 40.9 Å². The molecule has 7 nitrogen and oxygen atoms in total. The predicted octanol–water partition coefficient (Wildman–Crippen LogP) is 3.65. The third kappa shape index (κ3) is 4.19. The summed E-state index contributed by atoms with van der Waals surface area (Å²) in [4.78, 5) is 23.6. The van der Waals surface area contributed by atoms with Crippen molar-refractivity contribution in [3.05, 3.63) is 58.6 Å². The van der Waals surface area contributed by atoms with Crippen LogP contribution in [0.15, 0.2) is 47.6 Å². The number of halogens is 1. The van der Waals surface area contributed by atoms with E-state index in [2.05, 4.69) is 5.10 Å². The van der Waals surface area contributed by atoms with Crippen LogP contribution in [0.1, 0.15) is 36.4 Å². The molecule has 1 N–H and O–H groups in total. The highest BCUT2D eigenvalue weighted by Crippen LogP contribution is 2.38. The molecule has 0 fully saturated rings. The Kier molecular flexibility index (Phi) is 5.40. The molecule has 29 heavy (non-hydrogen) atoms. The Morgan fingerprint density at radius 2 is 1.79 bits per heavy atom. The standard InChI is InChI=1S/C21H19ClN2O5/c22-15-4-1-13(2-5-15)16-12-17(24(23-16)20(25)7-8-21(26)27)14-3-6-18-19(11-14)29-10-9-28-18/h1-6,11,17H,7-10,12H2,(H,26,27). The SMILES string of the molecule is O=C(O)CCC(=O)N1N=C(c2ccc(Cl)cc2)CC1c1ccc2c(c1)OCCO2. The fraction of sp³-hybridized carbons (Fsp3) is 0.286. The Balaban J connectivity index is 1.64. The molecule has 1 amide bonds. The van der Waals surface area contributed by atoms with Crippen LogP contribution in [0.3, 0.4) is 0 Å². The van der Waals surface area contributed by atoms with Crippen LogP contribution < -0.4 is 9.47 Å². The van der Waals surface area contributed by atoms with E-state index in [1.165, 1.54) is 5.01 Å². The van der Waals surface area contributed by atoms with E-state index >= 15 is 0 Å². The summed E-state index contributed by atoms with van der Waals surface area (Å²) in [5.41, 5.74) is 2.46. The van der Waals surface area contributed by atoms with Crippen molar-refractivity contribution >= 4 is 29.2 Å². The van der Waals surface area contributed by atoms with Crippen LogP contribution in [0, 0.1) is 0 Å². The minimum absolute atomic E-state index is 0.117. The number of carboxylic acids is 1. The maximum atomic E-state index is 12.7. The summed E-state index contributed by atoms with van der Waals surface area (Å²) in [5, 5.41) is 15.5. The maximum Gasteiger partial charge on any atom is 0.303 e. The minimum atomic E-state index is -1.02. The van der Waals surface area contributed by atoms with Crippen molar-refractivity contribution in [1.29, 1.82) is 0 Å². The van der Waals surface area contributed by atoms with Gasteiger partial charge in [-0.2, -0.15) is 5.10 Å². The second kappa shape index (κ2) is 8.13. The van der Waals surface area contributed by atoms with Gasteiger partial charge < -0.3 is 14.6 Å². The van der Waals surface area contributed by atoms with Gasteiger partial charge in [0.1, 0.15) is 13.2 Å². The molecule has 2 aliphatic rings. The molecular formula is C21H19ClN2O5. The first-order chi connectivity index (χ1) is 14.0. The first kappa shape index (κ1) is 19.3. The first-order valence-electron chi connectivity index (χ1n) is 9.28. The van der Waals surface area contributed by atoms with Crippen LogP contribution in [0.4, 0.5) is 0 Å². The van der Waals surface area contributed by atoms with Gasteiger partial charge in [-0.15, -0.1) is 0 Å². The van der Waals surface area contributed by atoms with Gasteiger partial charge in [0.2, 0.25) is 5.91 Å². The molecule has 0 saturated carbocycles. The molecule has 0 aliphatic carbocycles. The van der Waals surface area contributed by atoms with Crippen molar-refractivity contribution < 1.29 is 24.2 Å². The number of hydrazone groups is 1. The van der Waals surface area contributed by atoms with E-state index in [9.17, 15) is 9.59 Å². The highest BCUT2D eigenvalue weighted by Gasteiger charge is 2.33. The van der Waals surface area contributed by atoms with E-state index < -0.39 is 5.97 Å². The molecule has 0 radical (unpaired) electrons. The average Bonchev–Trinajstić information content (AvgIpc) is 3.17. The van der Waals surface area contributed by atoms with Gasteiger partial charge in [-0.1, -0.05) is 29.8 Å². The Bertz CT molecular complexity index is 974. The molecule has 2 aromatic rings. The summed E-state index contributed by atoms with van der Waals surface area (Å²) >= 11 is 5.97. The third-order valence-electron chi connectivity index (χ3n) is 4.85. The molecule has 0 aromatic heterocycles. The second-order valence-corrected chi connectivity index (χ2v) is 7.25. The van der Waals surface area contributed by atoms with Gasteiger partial charge in [-0.3, -0.25) is 9.59 Å². The number of aliphatic carboxylic acids is 1. The summed E-state index contributed by atoms with van der Waals surface area (Å²) in [7, 11) is 0. The van der Waals surface area contributed by atoms with E-state index in [0.717, 1.165) is 16.8 Å². The molecule has 1 atom stereocenters. The number of benzene rings is 2. The van der Waals surface area contributed by atoms with E-state index in [0.29, 0.717) is 36.2 Å². The molecule has 0 bridgehead atoms. The number of ether oxygens (including phenoxy) is 2. The van der Waals surface area contributed by atoms with Gasteiger partial charge in [0.25, 0.3) is 0 Å². The molecule has 2 heterocycles. The molecule has 2 aliphatic heterocycles. The molecule has 2 aromatic carbocycles. The Labute approximate surface area is 172 Å². The van der Waals surface area contributed by atoms with Crippen LogP contribution in [0.2, 0.25) is 5.02 Å². The topological polar surface area (TPSA) is 88.4 Å². The van der Waals surface area contributed by atoms with E-state index in [1.807, 2.05) is 30.3 Å². The van der Waals surface area contributed by atoms with Crippen LogP contribution in [-0.2, 0) is 9.59 Å². The lowest BCUT2D eigenvalue weighted by atomic mass is 9.98. The predicted molar refractivity (Wildman–Crippen MR) is 106 cm³/mol. The first-order valence-corrected chi connectivity index (χ1v) is 9.66. The number of fused-ring (bicyclic) bond motifs is 1. The van der Waals surface area contributed by atoms with Crippen molar-refractivity contribution in [1.82, 2.24) is 5.01 Å². The number of carbonyl (C=O) groups excluding carboxylic acids is 1. The molecule has 4 rings (SSSR count). The summed E-state index contributed by atoms with van der Waals surface area (Å²) in [6.07, 6.45) is 0.142. The zero-order chi connectivity index (χ0) is 20.4. The monoisotopic (exact) mass is 414 g/mol. The summed E-state index contributed by atoms with van der Waals surface area (Å²) in [6.45, 7) is 0.967. The Hall–Kier alpha value is -3.06. The Morgan fingerprint density at radius 1 is 1.07 bits per heavy atom. The number of hydrogen-bond donors (Lipinski definition) is 1. The van der Waals surface area contributed by atoms with Crippen molar-refractivity contribution in [3.8, 4) is 11.5 Å². The summed E-state index contributed by atoms with van der Waals surface area (Å²) in [5.74, 6) is -0.0567. The van der Waals surface area contributed by atoms with E-state index in [1.54, 1.807) is 12.1 Å². The number of rotatable bonds is 5. The van der Waals surface area contributed by atoms with Crippen LogP contribution in [0.5, 0.6) is 11.5 Å². The highest BCUT2D eigenvalue weighted by molar-refractivity contribution is 6.30. The average molecular weight is 415 g/mol. The number of nitrogens with zero attached hydrogens (tertiary/aromatic N) is 2. The normalized spacial score (nSPS) is 17.8. The quantitative estimate of drug-likeness (QED) is 0.806. The lowest BCUT2D eigenvalue weighted by Crippen LogP contribution is -2.27. The summed E-state index contributed by atoms with van der Waals surface area (Å²) in [6, 6.07) is 12.5. The van der Waals surface area contributed by atoms with E-state index in [4.69, 9.17) is 26.2 Å². The fourth-order valence-electron chi connectivity index (χ4n) is 3.41. The fourth-order valence-corrected chi connectivity index (χ4v) is 3.54. The lowest BCUT2D eigenvalue weighted by molar-refractivity contribution is -0.141. The molecule has 0 spiro atoms. The minimum Gasteiger partial charge on any atom is -0.486 e. The van der Waals surface area contributed by atoms with Crippen LogP contribution in [0.25, 0.3) is 0 Å². The highest BCUT2D eigenvalue weighted by atomic mass is 35.5. The van der Waals surface area contributed by atoms with Gasteiger partial charge in [0.05, 0.1) is 18.2 Å². The number of hydrogen-bond acceptors (Lipinski definition) is 5. The molecule has 150 valence electrons. The van der Waals surface area contributed by atoms with Crippen molar-refractivity contribution in [2.75, 3.05) is 13.2 Å². The van der Waals surface area contributed by atoms with Gasteiger partial charge in [0, 0.05) is 17.9 Å². The van der Waals surface area contributed by atoms with Gasteiger partial charge >= 0.3 is 5.97 Å². The number of amides is 1. The van der Waals surface area contributed by atoms with Crippen LogP contribution >= 0.6 is 11.6 Å². The Morgan fingerprint density at radius 3 is 2.52 bits per heavy atom. The summed E-state index contributed by atoms with van der Waals surface area (Å²) < 4.78 is 11.2. The van der Waals surface area contributed by atoms with E-state index in [-0.39, 0.29) is 24.8 Å².